The smallest absolute Gasteiger partial charge is 0.306 e. The molecule has 0 aromatic rings. The zero-order chi connectivity index (χ0) is 13.0. The number of aliphatic carboxylic acids is 1. The Labute approximate surface area is 108 Å². The van der Waals surface area contributed by atoms with Crippen LogP contribution in [0.5, 0.6) is 0 Å². The van der Waals surface area contributed by atoms with Crippen molar-refractivity contribution in [2.24, 2.45) is 17.8 Å². The monoisotopic (exact) mass is 253 g/mol. The third-order valence-electron chi connectivity index (χ3n) is 4.48. The van der Waals surface area contributed by atoms with Crippen LogP contribution in [-0.2, 0) is 9.59 Å². The van der Waals surface area contributed by atoms with E-state index in [-0.39, 0.29) is 17.7 Å². The lowest BCUT2D eigenvalue weighted by Gasteiger charge is -2.13. The van der Waals surface area contributed by atoms with Gasteiger partial charge in [0.1, 0.15) is 0 Å². The lowest BCUT2D eigenvalue weighted by atomic mass is 10.0. The van der Waals surface area contributed by atoms with Gasteiger partial charge in [-0.05, 0) is 31.6 Å². The van der Waals surface area contributed by atoms with Crippen LogP contribution >= 0.6 is 0 Å². The Morgan fingerprint density at radius 2 is 1.72 bits per heavy atom. The minimum absolute atomic E-state index is 0.0664. The molecule has 2 saturated carbocycles. The van der Waals surface area contributed by atoms with Crippen molar-refractivity contribution in [1.82, 2.24) is 5.32 Å². The highest BCUT2D eigenvalue weighted by atomic mass is 16.4. The van der Waals surface area contributed by atoms with Crippen LogP contribution in [0.2, 0.25) is 0 Å². The predicted molar refractivity (Wildman–Crippen MR) is 68.1 cm³/mol. The zero-order valence-corrected chi connectivity index (χ0v) is 10.9. The molecule has 0 radical (unpaired) electrons. The quantitative estimate of drug-likeness (QED) is 0.789. The molecule has 2 fully saturated rings. The van der Waals surface area contributed by atoms with Crippen molar-refractivity contribution in [3.63, 3.8) is 0 Å². The first-order valence-electron chi connectivity index (χ1n) is 7.17. The maximum atomic E-state index is 11.9. The van der Waals surface area contributed by atoms with Gasteiger partial charge in [-0.1, -0.05) is 25.7 Å². The van der Waals surface area contributed by atoms with Gasteiger partial charge >= 0.3 is 5.97 Å². The summed E-state index contributed by atoms with van der Waals surface area (Å²) in [6, 6.07) is 0. The SMILES string of the molecule is O=C(O)[C@H]1CC[C@@H](C(=O)NCCC2CCCC2)C1. The summed E-state index contributed by atoms with van der Waals surface area (Å²) in [5, 5.41) is 11.9. The van der Waals surface area contributed by atoms with Gasteiger partial charge in [0.2, 0.25) is 5.91 Å². The number of hydrogen-bond donors (Lipinski definition) is 2. The van der Waals surface area contributed by atoms with Gasteiger partial charge < -0.3 is 10.4 Å². The van der Waals surface area contributed by atoms with Gasteiger partial charge in [-0.25, -0.2) is 0 Å². The normalized spacial score (nSPS) is 28.4. The van der Waals surface area contributed by atoms with Gasteiger partial charge in [0, 0.05) is 12.5 Å². The predicted octanol–water partition coefficient (Wildman–Crippen LogP) is 2.18. The summed E-state index contributed by atoms with van der Waals surface area (Å²) in [7, 11) is 0. The molecular weight excluding hydrogens is 230 g/mol. The third kappa shape index (κ3) is 3.47. The second-order valence-electron chi connectivity index (χ2n) is 5.78. The number of hydrogen-bond acceptors (Lipinski definition) is 2. The lowest BCUT2D eigenvalue weighted by molar-refractivity contribution is -0.141. The molecule has 2 atom stereocenters. The van der Waals surface area contributed by atoms with Crippen molar-refractivity contribution in [2.45, 2.75) is 51.4 Å². The van der Waals surface area contributed by atoms with Crippen LogP contribution in [0.3, 0.4) is 0 Å². The van der Waals surface area contributed by atoms with Gasteiger partial charge in [0.25, 0.3) is 0 Å². The molecule has 4 heteroatoms. The summed E-state index contributed by atoms with van der Waals surface area (Å²) < 4.78 is 0. The molecule has 2 aliphatic carbocycles. The standard InChI is InChI=1S/C14H23NO3/c16-13(11-5-6-12(9-11)14(17)18)15-8-7-10-3-1-2-4-10/h10-12H,1-9H2,(H,15,16)(H,17,18)/t11-,12+/m1/s1. The van der Waals surface area contributed by atoms with E-state index in [1.54, 1.807) is 0 Å². The molecule has 2 aliphatic rings. The molecular formula is C14H23NO3. The molecule has 0 saturated heterocycles. The average molecular weight is 253 g/mol. The third-order valence-corrected chi connectivity index (χ3v) is 4.48. The summed E-state index contributed by atoms with van der Waals surface area (Å²) >= 11 is 0. The van der Waals surface area contributed by atoms with Crippen molar-refractivity contribution in [3.05, 3.63) is 0 Å². The van der Waals surface area contributed by atoms with Crippen molar-refractivity contribution in [1.29, 1.82) is 0 Å². The molecule has 0 unspecified atom stereocenters. The zero-order valence-electron chi connectivity index (χ0n) is 10.9. The number of carboxylic acids is 1. The van der Waals surface area contributed by atoms with Gasteiger partial charge in [0.05, 0.1) is 5.92 Å². The highest BCUT2D eigenvalue weighted by molar-refractivity contribution is 5.80. The molecule has 0 heterocycles. The molecule has 0 spiro atoms. The van der Waals surface area contributed by atoms with E-state index in [2.05, 4.69) is 5.32 Å². The molecule has 0 aromatic heterocycles. The van der Waals surface area contributed by atoms with E-state index in [4.69, 9.17) is 5.11 Å². The number of amides is 1. The van der Waals surface area contributed by atoms with E-state index in [0.717, 1.165) is 25.3 Å². The minimum atomic E-state index is -0.753. The maximum Gasteiger partial charge on any atom is 0.306 e. The summed E-state index contributed by atoms with van der Waals surface area (Å²) in [4.78, 5) is 22.7. The second kappa shape index (κ2) is 6.21. The fourth-order valence-corrected chi connectivity index (χ4v) is 3.29. The molecule has 2 rings (SSSR count). The Kier molecular flexibility index (Phi) is 4.61. The fourth-order valence-electron chi connectivity index (χ4n) is 3.29. The summed E-state index contributed by atoms with van der Waals surface area (Å²) in [5.74, 6) is -0.279. The van der Waals surface area contributed by atoms with Crippen LogP contribution in [0.15, 0.2) is 0 Å². The van der Waals surface area contributed by atoms with Gasteiger partial charge in [-0.2, -0.15) is 0 Å². The summed E-state index contributed by atoms with van der Waals surface area (Å²) in [5.41, 5.74) is 0. The highest BCUT2D eigenvalue weighted by Crippen LogP contribution is 2.31. The molecule has 0 aliphatic heterocycles. The first kappa shape index (κ1) is 13.4. The van der Waals surface area contributed by atoms with Crippen LogP contribution in [-0.4, -0.2) is 23.5 Å². The average Bonchev–Trinajstić information content (AvgIpc) is 2.99. The number of carbonyl (C=O) groups is 2. The van der Waals surface area contributed by atoms with E-state index in [0.29, 0.717) is 12.8 Å². The van der Waals surface area contributed by atoms with Crippen LogP contribution in [0.4, 0.5) is 0 Å². The Hall–Kier alpha value is -1.06. The second-order valence-corrected chi connectivity index (χ2v) is 5.78. The number of carbonyl (C=O) groups excluding carboxylic acids is 1. The largest absolute Gasteiger partial charge is 0.481 e. The number of nitrogens with one attached hydrogen (secondary N) is 1. The first-order valence-corrected chi connectivity index (χ1v) is 7.17. The fraction of sp³-hybridized carbons (Fsp3) is 0.857. The van der Waals surface area contributed by atoms with Gasteiger partial charge in [-0.15, -0.1) is 0 Å². The van der Waals surface area contributed by atoms with E-state index >= 15 is 0 Å². The highest BCUT2D eigenvalue weighted by Gasteiger charge is 2.33. The lowest BCUT2D eigenvalue weighted by Crippen LogP contribution is -2.31. The molecule has 4 nitrogen and oxygen atoms in total. The van der Waals surface area contributed by atoms with E-state index in [1.165, 1.54) is 25.7 Å². The topological polar surface area (TPSA) is 66.4 Å². The van der Waals surface area contributed by atoms with Crippen molar-refractivity contribution in [3.8, 4) is 0 Å². The molecule has 2 N–H and O–H groups in total. The molecule has 18 heavy (non-hydrogen) atoms. The van der Waals surface area contributed by atoms with E-state index in [9.17, 15) is 9.59 Å². The van der Waals surface area contributed by atoms with Crippen LogP contribution in [0.1, 0.15) is 51.4 Å². The summed E-state index contributed by atoms with van der Waals surface area (Å²) in [6.07, 6.45) is 8.26. The van der Waals surface area contributed by atoms with Crippen molar-refractivity contribution >= 4 is 11.9 Å². The maximum absolute atomic E-state index is 11.9. The minimum Gasteiger partial charge on any atom is -0.481 e. The molecule has 0 bridgehead atoms. The van der Waals surface area contributed by atoms with E-state index in [1.807, 2.05) is 0 Å². The summed E-state index contributed by atoms with van der Waals surface area (Å²) in [6.45, 7) is 0.762. The van der Waals surface area contributed by atoms with Crippen molar-refractivity contribution in [2.75, 3.05) is 6.54 Å². The Morgan fingerprint density at radius 3 is 2.33 bits per heavy atom. The molecule has 1 amide bonds. The van der Waals surface area contributed by atoms with Crippen molar-refractivity contribution < 1.29 is 14.7 Å². The Morgan fingerprint density at radius 1 is 1.06 bits per heavy atom. The van der Waals surface area contributed by atoms with Gasteiger partial charge in [-0.3, -0.25) is 9.59 Å². The van der Waals surface area contributed by atoms with Crippen LogP contribution in [0, 0.1) is 17.8 Å². The van der Waals surface area contributed by atoms with E-state index < -0.39 is 5.97 Å². The van der Waals surface area contributed by atoms with Crippen LogP contribution in [0.25, 0.3) is 0 Å². The first-order chi connectivity index (χ1) is 8.66. The molecule has 0 aromatic carbocycles. The van der Waals surface area contributed by atoms with Gasteiger partial charge in [0.15, 0.2) is 0 Å². The van der Waals surface area contributed by atoms with Crippen LogP contribution < -0.4 is 5.32 Å². The molecule has 102 valence electrons. The number of carboxylic acid groups (broad SMARTS) is 1. The number of rotatable bonds is 5. The Balaban J connectivity index is 1.64. The Bertz CT molecular complexity index is 310.